The minimum absolute atomic E-state index is 0.170. The van der Waals surface area contributed by atoms with Crippen molar-refractivity contribution in [2.24, 2.45) is 0 Å². The van der Waals surface area contributed by atoms with Gasteiger partial charge in [0.2, 0.25) is 11.7 Å². The van der Waals surface area contributed by atoms with E-state index in [2.05, 4.69) is 4.98 Å². The van der Waals surface area contributed by atoms with E-state index < -0.39 is 6.10 Å². The maximum absolute atomic E-state index is 13.1. The predicted molar refractivity (Wildman–Crippen MR) is 67.9 cm³/mol. The second-order valence-electron chi connectivity index (χ2n) is 4.19. The van der Waals surface area contributed by atoms with Gasteiger partial charge in [-0.05, 0) is 12.1 Å². The summed E-state index contributed by atoms with van der Waals surface area (Å²) < 4.78 is 18.2. The Morgan fingerprint density at radius 2 is 2.32 bits per heavy atom. The number of aromatic hydroxyl groups is 1. The number of ether oxygens (including phenoxy) is 1. The van der Waals surface area contributed by atoms with Crippen LogP contribution in [0, 0.1) is 5.82 Å². The molecule has 1 aromatic carbocycles. The Bertz CT molecular complexity index is 637. The Labute approximate surface area is 112 Å². The monoisotopic (exact) mass is 279 g/mol. The largest absolute Gasteiger partial charge is 0.492 e. The maximum atomic E-state index is 13.1. The zero-order chi connectivity index (χ0) is 13.4. The van der Waals surface area contributed by atoms with Crippen LogP contribution in [0.5, 0.6) is 5.88 Å². The molecule has 6 heteroatoms. The van der Waals surface area contributed by atoms with E-state index in [1.807, 2.05) is 0 Å². The van der Waals surface area contributed by atoms with Gasteiger partial charge in [-0.2, -0.15) is 0 Å². The highest BCUT2D eigenvalue weighted by Gasteiger charge is 2.31. The highest BCUT2D eigenvalue weighted by Crippen LogP contribution is 2.34. The molecule has 1 fully saturated rings. The number of carbonyl (C=O) groups is 1. The number of rotatable bonds is 3. The predicted octanol–water partition coefficient (Wildman–Crippen LogP) is 2.63. The van der Waals surface area contributed by atoms with Crippen LogP contribution in [0.1, 0.15) is 16.1 Å². The summed E-state index contributed by atoms with van der Waals surface area (Å²) in [7, 11) is 0. The molecule has 0 saturated carbocycles. The average Bonchev–Trinajstić information content (AvgIpc) is 2.69. The molecule has 0 amide bonds. The summed E-state index contributed by atoms with van der Waals surface area (Å²) in [6.45, 7) is 0.562. The van der Waals surface area contributed by atoms with Crippen molar-refractivity contribution >= 4 is 17.1 Å². The minimum atomic E-state index is -0.480. The van der Waals surface area contributed by atoms with Crippen molar-refractivity contribution in [1.82, 2.24) is 4.98 Å². The molecule has 19 heavy (non-hydrogen) atoms. The molecule has 1 aliphatic heterocycles. The van der Waals surface area contributed by atoms with Gasteiger partial charge in [-0.25, -0.2) is 9.37 Å². The first kappa shape index (κ1) is 12.3. The third-order valence-electron chi connectivity index (χ3n) is 2.90. The number of thiazole rings is 1. The third kappa shape index (κ3) is 2.24. The van der Waals surface area contributed by atoms with Crippen LogP contribution in [0.25, 0.3) is 10.6 Å². The van der Waals surface area contributed by atoms with Gasteiger partial charge in [0.15, 0.2) is 0 Å². The van der Waals surface area contributed by atoms with Gasteiger partial charge in [-0.1, -0.05) is 12.1 Å². The van der Waals surface area contributed by atoms with E-state index in [0.717, 1.165) is 11.3 Å². The van der Waals surface area contributed by atoms with Crippen molar-refractivity contribution in [2.75, 3.05) is 6.61 Å². The van der Waals surface area contributed by atoms with Crippen molar-refractivity contribution in [3.63, 3.8) is 0 Å². The molecule has 3 rings (SSSR count). The lowest BCUT2D eigenvalue weighted by molar-refractivity contribution is -0.0317. The van der Waals surface area contributed by atoms with Gasteiger partial charge in [-0.3, -0.25) is 4.79 Å². The van der Waals surface area contributed by atoms with Crippen LogP contribution in [0.3, 0.4) is 0 Å². The SMILES string of the molecule is O=C(c1sc(-c2cccc(F)c2)nc1O)C1CCO1. The van der Waals surface area contributed by atoms with Crippen molar-refractivity contribution in [3.8, 4) is 16.5 Å². The molecular formula is C13H10FNO3S. The number of nitrogens with zero attached hydrogens (tertiary/aromatic N) is 1. The number of Topliss-reactive ketones (excluding diaryl/α,β-unsaturated/α-hetero) is 1. The van der Waals surface area contributed by atoms with E-state index in [9.17, 15) is 14.3 Å². The Hall–Kier alpha value is -1.79. The van der Waals surface area contributed by atoms with E-state index >= 15 is 0 Å². The summed E-state index contributed by atoms with van der Waals surface area (Å²) in [4.78, 5) is 16.1. The lowest BCUT2D eigenvalue weighted by atomic mass is 10.1. The van der Waals surface area contributed by atoms with E-state index in [0.29, 0.717) is 23.6 Å². The normalized spacial score (nSPS) is 18.1. The molecule has 98 valence electrons. The van der Waals surface area contributed by atoms with Crippen LogP contribution in [-0.2, 0) is 4.74 Å². The van der Waals surface area contributed by atoms with E-state index in [1.54, 1.807) is 12.1 Å². The summed E-state index contributed by atoms with van der Waals surface area (Å²) in [6.07, 6.45) is 0.178. The zero-order valence-electron chi connectivity index (χ0n) is 9.80. The van der Waals surface area contributed by atoms with E-state index in [-0.39, 0.29) is 22.4 Å². The second-order valence-corrected chi connectivity index (χ2v) is 5.19. The van der Waals surface area contributed by atoms with Gasteiger partial charge in [0, 0.05) is 12.0 Å². The van der Waals surface area contributed by atoms with Gasteiger partial charge in [-0.15, -0.1) is 11.3 Å². The van der Waals surface area contributed by atoms with Gasteiger partial charge < -0.3 is 9.84 Å². The smallest absolute Gasteiger partial charge is 0.233 e. The first-order chi connectivity index (χ1) is 9.15. The maximum Gasteiger partial charge on any atom is 0.233 e. The number of carbonyl (C=O) groups excluding carboxylic acids is 1. The fourth-order valence-electron chi connectivity index (χ4n) is 1.81. The minimum Gasteiger partial charge on any atom is -0.492 e. The van der Waals surface area contributed by atoms with Crippen molar-refractivity contribution in [3.05, 3.63) is 35.0 Å². The number of benzene rings is 1. The lowest BCUT2D eigenvalue weighted by Gasteiger charge is -2.23. The Morgan fingerprint density at radius 3 is 2.95 bits per heavy atom. The molecule has 2 heterocycles. The fourth-order valence-corrected chi connectivity index (χ4v) is 2.75. The van der Waals surface area contributed by atoms with Crippen LogP contribution >= 0.6 is 11.3 Å². The quantitative estimate of drug-likeness (QED) is 0.877. The summed E-state index contributed by atoms with van der Waals surface area (Å²) >= 11 is 1.05. The summed E-state index contributed by atoms with van der Waals surface area (Å²) in [5, 5.41) is 10.1. The van der Waals surface area contributed by atoms with E-state index in [4.69, 9.17) is 4.74 Å². The molecule has 0 aliphatic carbocycles. The molecule has 0 bridgehead atoms. The standard InChI is InChI=1S/C13H10FNO3S/c14-8-3-1-2-7(6-8)13-15-12(17)11(19-13)10(16)9-4-5-18-9/h1-3,6,9,17H,4-5H2. The van der Waals surface area contributed by atoms with Crippen LogP contribution < -0.4 is 0 Å². The molecule has 0 spiro atoms. The summed E-state index contributed by atoms with van der Waals surface area (Å²) in [6, 6.07) is 5.87. The highest BCUT2D eigenvalue weighted by atomic mass is 32.1. The summed E-state index contributed by atoms with van der Waals surface area (Å²) in [5.41, 5.74) is 0.536. The Morgan fingerprint density at radius 1 is 1.53 bits per heavy atom. The van der Waals surface area contributed by atoms with Crippen molar-refractivity contribution < 1.29 is 19.0 Å². The fraction of sp³-hybridized carbons (Fsp3) is 0.231. The molecule has 1 unspecified atom stereocenters. The van der Waals surface area contributed by atoms with Crippen LogP contribution in [0.2, 0.25) is 0 Å². The van der Waals surface area contributed by atoms with Crippen LogP contribution in [0.4, 0.5) is 4.39 Å². The molecule has 1 aliphatic rings. The van der Waals surface area contributed by atoms with Crippen molar-refractivity contribution in [1.29, 1.82) is 0 Å². The highest BCUT2D eigenvalue weighted by molar-refractivity contribution is 7.17. The third-order valence-corrected chi connectivity index (χ3v) is 4.00. The molecule has 0 radical (unpaired) electrons. The van der Waals surface area contributed by atoms with E-state index in [1.165, 1.54) is 12.1 Å². The Kier molecular flexibility index (Phi) is 3.04. The molecular weight excluding hydrogens is 269 g/mol. The lowest BCUT2D eigenvalue weighted by Crippen LogP contribution is -2.34. The van der Waals surface area contributed by atoms with Gasteiger partial charge in [0.1, 0.15) is 21.8 Å². The van der Waals surface area contributed by atoms with Crippen LogP contribution in [-0.4, -0.2) is 28.6 Å². The molecule has 1 atom stereocenters. The number of hydrogen-bond acceptors (Lipinski definition) is 5. The molecule has 1 aromatic heterocycles. The number of ketones is 1. The van der Waals surface area contributed by atoms with Crippen LogP contribution in [0.15, 0.2) is 24.3 Å². The van der Waals surface area contributed by atoms with Crippen molar-refractivity contribution in [2.45, 2.75) is 12.5 Å². The van der Waals surface area contributed by atoms with Gasteiger partial charge >= 0.3 is 0 Å². The number of aromatic nitrogens is 1. The number of halogens is 1. The average molecular weight is 279 g/mol. The first-order valence-corrected chi connectivity index (χ1v) is 6.58. The second kappa shape index (κ2) is 4.71. The topological polar surface area (TPSA) is 59.4 Å². The molecule has 1 N–H and O–H groups in total. The Balaban J connectivity index is 1.94. The van der Waals surface area contributed by atoms with Gasteiger partial charge in [0.05, 0.1) is 6.61 Å². The first-order valence-electron chi connectivity index (χ1n) is 5.76. The summed E-state index contributed by atoms with van der Waals surface area (Å²) in [5.74, 6) is -0.962. The molecule has 1 saturated heterocycles. The van der Waals surface area contributed by atoms with Gasteiger partial charge in [0.25, 0.3) is 0 Å². The molecule has 4 nitrogen and oxygen atoms in total. The number of hydrogen-bond donors (Lipinski definition) is 1. The zero-order valence-corrected chi connectivity index (χ0v) is 10.6. The molecule has 2 aromatic rings.